The van der Waals surface area contributed by atoms with E-state index in [0.29, 0.717) is 5.69 Å². The summed E-state index contributed by atoms with van der Waals surface area (Å²) in [6, 6.07) is 5.53. The van der Waals surface area contributed by atoms with Crippen LogP contribution in [-0.2, 0) is 23.9 Å². The summed E-state index contributed by atoms with van der Waals surface area (Å²) >= 11 is 0. The number of carbonyl (C=O) groups is 4. The summed E-state index contributed by atoms with van der Waals surface area (Å²) in [7, 11) is 0. The molecule has 1 N–H and O–H groups in total. The number of imide groups is 1. The maximum Gasteiger partial charge on any atom is 0.326 e. The van der Waals surface area contributed by atoms with E-state index >= 15 is 0 Å². The molecule has 0 unspecified atom stereocenters. The van der Waals surface area contributed by atoms with E-state index in [2.05, 4.69) is 5.32 Å². The number of hydrogen-bond acceptors (Lipinski definition) is 5. The van der Waals surface area contributed by atoms with Gasteiger partial charge in [-0.25, -0.2) is 0 Å². The van der Waals surface area contributed by atoms with E-state index < -0.39 is 25.0 Å². The van der Waals surface area contributed by atoms with Crippen LogP contribution in [0.5, 0.6) is 0 Å². The van der Waals surface area contributed by atoms with Crippen LogP contribution in [-0.4, -0.2) is 41.7 Å². The fourth-order valence-corrected chi connectivity index (χ4v) is 4.51. The summed E-state index contributed by atoms with van der Waals surface area (Å²) in [6.45, 7) is 2.91. The Morgan fingerprint density at radius 2 is 1.75 bits per heavy atom. The van der Waals surface area contributed by atoms with Gasteiger partial charge in [-0.3, -0.25) is 24.1 Å². The van der Waals surface area contributed by atoms with Crippen molar-refractivity contribution in [2.24, 2.45) is 23.7 Å². The predicted octanol–water partition coefficient (Wildman–Crippen LogP) is 1.59. The number of anilines is 1. The van der Waals surface area contributed by atoms with E-state index in [1.807, 2.05) is 38.1 Å². The van der Waals surface area contributed by atoms with Crippen molar-refractivity contribution in [1.29, 1.82) is 0 Å². The summed E-state index contributed by atoms with van der Waals surface area (Å²) in [4.78, 5) is 50.3. The number of fused-ring (bicyclic) bond motifs is 5. The van der Waals surface area contributed by atoms with Gasteiger partial charge in [0, 0.05) is 5.69 Å². The highest BCUT2D eigenvalue weighted by Crippen LogP contribution is 2.52. The lowest BCUT2D eigenvalue weighted by Gasteiger charge is -2.16. The highest BCUT2D eigenvalue weighted by molar-refractivity contribution is 6.08. The van der Waals surface area contributed by atoms with Crippen molar-refractivity contribution in [3.63, 3.8) is 0 Å². The Bertz CT molecular complexity index is 876. The molecule has 7 nitrogen and oxygen atoms in total. The molecule has 1 aromatic rings. The van der Waals surface area contributed by atoms with Crippen molar-refractivity contribution in [1.82, 2.24) is 4.90 Å². The van der Waals surface area contributed by atoms with Gasteiger partial charge in [0.2, 0.25) is 11.8 Å². The third-order valence-corrected chi connectivity index (χ3v) is 6.09. The third kappa shape index (κ3) is 3.00. The normalized spacial score (nSPS) is 27.3. The highest BCUT2D eigenvalue weighted by atomic mass is 16.5. The molecule has 0 aromatic heterocycles. The number of benzene rings is 1. The number of hydrogen-bond donors (Lipinski definition) is 1. The van der Waals surface area contributed by atoms with E-state index in [1.165, 1.54) is 0 Å². The number of likely N-dealkylation sites (tertiary alicyclic amines) is 1. The van der Waals surface area contributed by atoms with Crippen LogP contribution in [0.15, 0.2) is 30.4 Å². The molecular formula is C21H22N2O5. The lowest BCUT2D eigenvalue weighted by Crippen LogP contribution is -2.38. The Kier molecular flexibility index (Phi) is 4.53. The first kappa shape index (κ1) is 18.4. The maximum absolute atomic E-state index is 12.6. The zero-order chi connectivity index (χ0) is 20.0. The molecule has 0 radical (unpaired) electrons. The lowest BCUT2D eigenvalue weighted by molar-refractivity contribution is -0.154. The summed E-state index contributed by atoms with van der Waals surface area (Å²) in [6.07, 6.45) is 4.83. The fraction of sp³-hybridized carbons (Fsp3) is 0.429. The fourth-order valence-electron chi connectivity index (χ4n) is 4.51. The van der Waals surface area contributed by atoms with Gasteiger partial charge in [0.25, 0.3) is 5.91 Å². The third-order valence-electron chi connectivity index (χ3n) is 6.09. The first-order chi connectivity index (χ1) is 13.4. The minimum atomic E-state index is -0.766. The molecule has 3 amide bonds. The Balaban J connectivity index is 1.30. The van der Waals surface area contributed by atoms with Crippen molar-refractivity contribution in [3.8, 4) is 0 Å². The molecule has 2 bridgehead atoms. The number of nitrogens with one attached hydrogen (secondary N) is 1. The zero-order valence-electron chi connectivity index (χ0n) is 15.8. The molecule has 1 saturated carbocycles. The molecule has 7 heteroatoms. The van der Waals surface area contributed by atoms with Crippen molar-refractivity contribution < 1.29 is 23.9 Å². The Labute approximate surface area is 162 Å². The van der Waals surface area contributed by atoms with Crippen LogP contribution in [0.3, 0.4) is 0 Å². The molecule has 2 fully saturated rings. The van der Waals surface area contributed by atoms with Crippen LogP contribution in [0, 0.1) is 37.5 Å². The van der Waals surface area contributed by atoms with Crippen LogP contribution in [0.2, 0.25) is 0 Å². The minimum absolute atomic E-state index is 0.0933. The molecule has 146 valence electrons. The van der Waals surface area contributed by atoms with Gasteiger partial charge in [-0.05, 0) is 49.3 Å². The number of nitrogens with zero attached hydrogens (tertiary/aromatic N) is 1. The molecule has 1 aromatic carbocycles. The average Bonchev–Trinajstić information content (AvgIpc) is 3.34. The number of rotatable bonds is 5. The van der Waals surface area contributed by atoms with E-state index in [1.54, 1.807) is 6.07 Å². The molecule has 1 heterocycles. The average molecular weight is 382 g/mol. The van der Waals surface area contributed by atoms with Crippen molar-refractivity contribution in [2.45, 2.75) is 20.3 Å². The van der Waals surface area contributed by atoms with Crippen molar-refractivity contribution >= 4 is 29.4 Å². The smallest absolute Gasteiger partial charge is 0.326 e. The topological polar surface area (TPSA) is 92.8 Å². The molecule has 1 aliphatic heterocycles. The van der Waals surface area contributed by atoms with Crippen molar-refractivity contribution in [2.75, 3.05) is 18.5 Å². The second kappa shape index (κ2) is 6.89. The van der Waals surface area contributed by atoms with Gasteiger partial charge in [0.15, 0.2) is 6.61 Å². The van der Waals surface area contributed by atoms with E-state index in [9.17, 15) is 19.2 Å². The number of esters is 1. The lowest BCUT2D eigenvalue weighted by atomic mass is 9.85. The van der Waals surface area contributed by atoms with Crippen molar-refractivity contribution in [3.05, 3.63) is 41.5 Å². The van der Waals surface area contributed by atoms with Gasteiger partial charge in [-0.15, -0.1) is 0 Å². The van der Waals surface area contributed by atoms with E-state index in [-0.39, 0.29) is 35.5 Å². The number of ether oxygens (including phenoxy) is 1. The van der Waals surface area contributed by atoms with Crippen LogP contribution in [0.1, 0.15) is 17.5 Å². The summed E-state index contributed by atoms with van der Waals surface area (Å²) in [5, 5.41) is 2.70. The summed E-state index contributed by atoms with van der Waals surface area (Å²) in [5.74, 6) is -2.34. The molecule has 1 saturated heterocycles. The molecule has 0 spiro atoms. The quantitative estimate of drug-likeness (QED) is 0.474. The van der Waals surface area contributed by atoms with Gasteiger partial charge < -0.3 is 10.1 Å². The molecule has 4 atom stereocenters. The molecule has 28 heavy (non-hydrogen) atoms. The molecule has 4 rings (SSSR count). The van der Waals surface area contributed by atoms with Crippen LogP contribution >= 0.6 is 0 Å². The van der Waals surface area contributed by atoms with Gasteiger partial charge in [-0.1, -0.05) is 24.3 Å². The van der Waals surface area contributed by atoms with Gasteiger partial charge >= 0.3 is 5.97 Å². The zero-order valence-corrected chi connectivity index (χ0v) is 15.8. The molecule has 2 aliphatic carbocycles. The van der Waals surface area contributed by atoms with Gasteiger partial charge in [0.1, 0.15) is 6.54 Å². The number of allylic oxidation sites excluding steroid dienone is 2. The number of aryl methyl sites for hydroxylation is 1. The summed E-state index contributed by atoms with van der Waals surface area (Å²) in [5.41, 5.74) is 2.63. The van der Waals surface area contributed by atoms with Gasteiger partial charge in [-0.2, -0.15) is 0 Å². The second-order valence-electron chi connectivity index (χ2n) is 7.72. The first-order valence-electron chi connectivity index (χ1n) is 9.42. The highest BCUT2D eigenvalue weighted by Gasteiger charge is 2.59. The molecular weight excluding hydrogens is 360 g/mol. The predicted molar refractivity (Wildman–Crippen MR) is 99.9 cm³/mol. The monoisotopic (exact) mass is 382 g/mol. The van der Waals surface area contributed by atoms with Crippen LogP contribution in [0.25, 0.3) is 0 Å². The van der Waals surface area contributed by atoms with Crippen LogP contribution < -0.4 is 5.32 Å². The van der Waals surface area contributed by atoms with E-state index in [0.717, 1.165) is 22.4 Å². The van der Waals surface area contributed by atoms with E-state index in [4.69, 9.17) is 4.74 Å². The Morgan fingerprint density at radius 1 is 1.11 bits per heavy atom. The second-order valence-corrected chi connectivity index (χ2v) is 7.72. The SMILES string of the molecule is Cc1cccc(NC(=O)COC(=O)CN2C(=O)[C@@H]3[C@H](C2=O)[C@@H]2C=C[C@H]3C2)c1C. The maximum atomic E-state index is 12.6. The standard InChI is InChI=1S/C21H22N2O5/c1-11-4-3-5-15(12(11)2)22-16(24)10-28-17(25)9-23-20(26)18-13-6-7-14(8-13)19(18)21(23)27/h3-7,13-14,18-19H,8-10H2,1-2H3,(H,22,24)/t13-,14+,18-,19+. The Morgan fingerprint density at radius 3 is 2.39 bits per heavy atom. The number of amides is 3. The Hall–Kier alpha value is -2.96. The van der Waals surface area contributed by atoms with Gasteiger partial charge in [0.05, 0.1) is 11.8 Å². The number of carbonyl (C=O) groups excluding carboxylic acids is 4. The largest absolute Gasteiger partial charge is 0.454 e. The summed E-state index contributed by atoms with van der Waals surface area (Å²) < 4.78 is 4.98. The molecule has 3 aliphatic rings. The first-order valence-corrected chi connectivity index (χ1v) is 9.42. The van der Waals surface area contributed by atoms with Crippen LogP contribution in [0.4, 0.5) is 5.69 Å². The minimum Gasteiger partial charge on any atom is -0.454 e.